The number of carbonyl (C=O) groups excluding carboxylic acids is 2. The van der Waals surface area contributed by atoms with Crippen LogP contribution in [0, 0.1) is 17.3 Å². The summed E-state index contributed by atoms with van der Waals surface area (Å²) < 4.78 is 9.93. The third-order valence-electron chi connectivity index (χ3n) is 5.90. The van der Waals surface area contributed by atoms with Crippen LogP contribution in [-0.4, -0.2) is 26.2 Å². The monoisotopic (exact) mass is 318 g/mol. The first-order chi connectivity index (χ1) is 11.1. The second kappa shape index (κ2) is 6.50. The van der Waals surface area contributed by atoms with E-state index in [1.165, 1.54) is 51.9 Å². The smallest absolute Gasteiger partial charge is 0.323 e. The number of ether oxygens (including phenoxy) is 2. The molecule has 3 aliphatic rings. The van der Waals surface area contributed by atoms with E-state index in [2.05, 4.69) is 12.2 Å². The Hall–Kier alpha value is -1.58. The minimum Gasteiger partial charge on any atom is -0.468 e. The number of allylic oxidation sites excluding steroid dienone is 4. The van der Waals surface area contributed by atoms with Gasteiger partial charge in [0.05, 0.1) is 14.2 Å². The predicted octanol–water partition coefficient (Wildman–Crippen LogP) is 3.57. The van der Waals surface area contributed by atoms with Gasteiger partial charge in [0.15, 0.2) is 5.41 Å². The van der Waals surface area contributed by atoms with E-state index in [1.54, 1.807) is 5.57 Å². The number of carbonyl (C=O) groups is 2. The summed E-state index contributed by atoms with van der Waals surface area (Å²) in [6, 6.07) is 0. The highest BCUT2D eigenvalue weighted by atomic mass is 16.5. The summed E-state index contributed by atoms with van der Waals surface area (Å²) in [7, 11) is 2.71. The van der Waals surface area contributed by atoms with Gasteiger partial charge in [0.25, 0.3) is 0 Å². The molecule has 2 fully saturated rings. The summed E-state index contributed by atoms with van der Waals surface area (Å²) in [4.78, 5) is 24.8. The van der Waals surface area contributed by atoms with Crippen LogP contribution < -0.4 is 0 Å². The molecule has 0 amide bonds. The minimum absolute atomic E-state index is 0.242. The average molecular weight is 318 g/mol. The fourth-order valence-corrected chi connectivity index (χ4v) is 4.77. The van der Waals surface area contributed by atoms with Gasteiger partial charge >= 0.3 is 11.9 Å². The number of methoxy groups -OCH3 is 2. The molecule has 4 heteroatoms. The van der Waals surface area contributed by atoms with Crippen LogP contribution in [-0.2, 0) is 19.1 Å². The van der Waals surface area contributed by atoms with Crippen molar-refractivity contribution in [3.05, 3.63) is 23.3 Å². The highest BCUT2D eigenvalue weighted by Gasteiger charge is 2.57. The summed E-state index contributed by atoms with van der Waals surface area (Å²) in [6.07, 6.45) is 12.6. The summed E-state index contributed by atoms with van der Waals surface area (Å²) in [5.74, 6) is -0.363. The molecule has 0 saturated heterocycles. The summed E-state index contributed by atoms with van der Waals surface area (Å²) in [5, 5.41) is 0. The van der Waals surface area contributed by atoms with E-state index in [4.69, 9.17) is 9.47 Å². The molecule has 0 spiro atoms. The maximum Gasteiger partial charge on any atom is 0.323 e. The summed E-state index contributed by atoms with van der Waals surface area (Å²) in [5.41, 5.74) is 1.92. The molecule has 2 atom stereocenters. The van der Waals surface area contributed by atoms with Gasteiger partial charge in [0.2, 0.25) is 0 Å². The Balaban J connectivity index is 1.95. The van der Waals surface area contributed by atoms with Gasteiger partial charge in [-0.15, -0.1) is 0 Å². The Labute approximate surface area is 137 Å². The number of rotatable bonds is 2. The number of esters is 2. The molecule has 0 aromatic heterocycles. The predicted molar refractivity (Wildman–Crippen MR) is 86.5 cm³/mol. The zero-order valence-electron chi connectivity index (χ0n) is 14.1. The van der Waals surface area contributed by atoms with E-state index in [0.29, 0.717) is 12.8 Å². The second-order valence-electron chi connectivity index (χ2n) is 7.07. The largest absolute Gasteiger partial charge is 0.468 e. The highest BCUT2D eigenvalue weighted by molar-refractivity contribution is 6.00. The fraction of sp³-hybridized carbons (Fsp3) is 0.684. The van der Waals surface area contributed by atoms with Crippen LogP contribution in [0.2, 0.25) is 0 Å². The average Bonchev–Trinajstić information content (AvgIpc) is 3.01. The summed E-state index contributed by atoms with van der Waals surface area (Å²) >= 11 is 0. The van der Waals surface area contributed by atoms with Crippen LogP contribution in [0.4, 0.5) is 0 Å². The Morgan fingerprint density at radius 3 is 2.30 bits per heavy atom. The van der Waals surface area contributed by atoms with Crippen LogP contribution >= 0.6 is 0 Å². The molecule has 3 aliphatic carbocycles. The van der Waals surface area contributed by atoms with Crippen molar-refractivity contribution < 1.29 is 19.1 Å². The molecule has 0 unspecified atom stereocenters. The van der Waals surface area contributed by atoms with Gasteiger partial charge in [-0.3, -0.25) is 9.59 Å². The van der Waals surface area contributed by atoms with Crippen LogP contribution in [0.1, 0.15) is 51.4 Å². The van der Waals surface area contributed by atoms with Crippen LogP contribution in [0.5, 0.6) is 0 Å². The van der Waals surface area contributed by atoms with Gasteiger partial charge in [0, 0.05) is 0 Å². The van der Waals surface area contributed by atoms with Crippen molar-refractivity contribution in [2.24, 2.45) is 17.3 Å². The SMILES string of the molecule is COC(=O)C1(C(=O)OC)C[C@@H]2C(=C3CCCCC3)CC=C[C@H]2C1. The van der Waals surface area contributed by atoms with Crippen LogP contribution in [0.25, 0.3) is 0 Å². The molecule has 0 bridgehead atoms. The lowest BCUT2D eigenvalue weighted by Crippen LogP contribution is -2.39. The van der Waals surface area contributed by atoms with E-state index in [1.807, 2.05) is 0 Å². The number of fused-ring (bicyclic) bond motifs is 1. The molecule has 0 aromatic rings. The lowest BCUT2D eigenvalue weighted by atomic mass is 9.76. The maximum atomic E-state index is 12.4. The highest BCUT2D eigenvalue weighted by Crippen LogP contribution is 2.54. The molecule has 126 valence electrons. The first kappa shape index (κ1) is 16.3. The van der Waals surface area contributed by atoms with Gasteiger partial charge < -0.3 is 9.47 Å². The van der Waals surface area contributed by atoms with Gasteiger partial charge in [-0.1, -0.05) is 29.7 Å². The third kappa shape index (κ3) is 2.73. The molecule has 23 heavy (non-hydrogen) atoms. The number of hydrogen-bond acceptors (Lipinski definition) is 4. The minimum atomic E-state index is -1.13. The van der Waals surface area contributed by atoms with Crippen molar-refractivity contribution in [3.8, 4) is 0 Å². The van der Waals surface area contributed by atoms with Gasteiger partial charge in [-0.2, -0.15) is 0 Å². The van der Waals surface area contributed by atoms with Crippen molar-refractivity contribution in [2.45, 2.75) is 51.4 Å². The Kier molecular flexibility index (Phi) is 4.60. The molecular weight excluding hydrogens is 292 g/mol. The molecule has 2 saturated carbocycles. The number of hydrogen-bond donors (Lipinski definition) is 0. The Morgan fingerprint density at radius 2 is 1.70 bits per heavy atom. The van der Waals surface area contributed by atoms with Gasteiger partial charge in [-0.05, 0) is 56.8 Å². The van der Waals surface area contributed by atoms with Gasteiger partial charge in [-0.25, -0.2) is 0 Å². The normalized spacial score (nSPS) is 29.1. The van der Waals surface area contributed by atoms with E-state index in [0.717, 1.165) is 6.42 Å². The third-order valence-corrected chi connectivity index (χ3v) is 5.90. The molecular formula is C19H26O4. The van der Waals surface area contributed by atoms with E-state index >= 15 is 0 Å². The van der Waals surface area contributed by atoms with E-state index < -0.39 is 17.4 Å². The zero-order valence-corrected chi connectivity index (χ0v) is 14.1. The van der Waals surface area contributed by atoms with E-state index in [9.17, 15) is 9.59 Å². The lowest BCUT2D eigenvalue weighted by Gasteiger charge is -2.29. The molecule has 0 N–H and O–H groups in total. The van der Waals surface area contributed by atoms with Crippen LogP contribution in [0.3, 0.4) is 0 Å². The zero-order chi connectivity index (χ0) is 16.4. The van der Waals surface area contributed by atoms with Gasteiger partial charge in [0.1, 0.15) is 0 Å². The van der Waals surface area contributed by atoms with Crippen molar-refractivity contribution in [2.75, 3.05) is 14.2 Å². The standard InChI is InChI=1S/C19H26O4/c1-22-17(20)19(18(21)23-2)11-14-9-6-10-15(16(14)12-19)13-7-4-3-5-8-13/h6,9,14,16H,3-5,7-8,10-12H2,1-2H3/t14-,16-/m0/s1. The van der Waals surface area contributed by atoms with Crippen molar-refractivity contribution >= 4 is 11.9 Å². The molecule has 0 heterocycles. The second-order valence-corrected chi connectivity index (χ2v) is 7.07. The molecule has 0 radical (unpaired) electrons. The Morgan fingerprint density at radius 1 is 1.04 bits per heavy atom. The summed E-state index contributed by atoms with van der Waals surface area (Å²) in [6.45, 7) is 0. The fourth-order valence-electron chi connectivity index (χ4n) is 4.77. The molecule has 0 aromatic carbocycles. The lowest BCUT2D eigenvalue weighted by molar-refractivity contribution is -0.168. The Bertz CT molecular complexity index is 534. The topological polar surface area (TPSA) is 52.6 Å². The maximum absolute atomic E-state index is 12.4. The van der Waals surface area contributed by atoms with Crippen LogP contribution in [0.15, 0.2) is 23.3 Å². The first-order valence-electron chi connectivity index (χ1n) is 8.66. The quantitative estimate of drug-likeness (QED) is 0.444. The van der Waals surface area contributed by atoms with E-state index in [-0.39, 0.29) is 11.8 Å². The van der Waals surface area contributed by atoms with Crippen molar-refractivity contribution in [1.29, 1.82) is 0 Å². The molecule has 3 rings (SSSR count). The first-order valence-corrected chi connectivity index (χ1v) is 8.66. The van der Waals surface area contributed by atoms with Crippen molar-refractivity contribution in [1.82, 2.24) is 0 Å². The van der Waals surface area contributed by atoms with Crippen molar-refractivity contribution in [3.63, 3.8) is 0 Å². The molecule has 0 aliphatic heterocycles. The molecule has 4 nitrogen and oxygen atoms in total.